The van der Waals surface area contributed by atoms with Crippen molar-refractivity contribution in [2.75, 3.05) is 13.7 Å². The van der Waals surface area contributed by atoms with Crippen LogP contribution in [0.2, 0.25) is 0 Å². The molecule has 2 heterocycles. The van der Waals surface area contributed by atoms with E-state index < -0.39 is 0 Å². The first kappa shape index (κ1) is 13.5. The third-order valence-corrected chi connectivity index (χ3v) is 6.03. The van der Waals surface area contributed by atoms with Crippen LogP contribution in [0.3, 0.4) is 0 Å². The molecule has 23 heavy (non-hydrogen) atoms. The number of rotatable bonds is 4. The molecule has 4 atom stereocenters. The van der Waals surface area contributed by atoms with Gasteiger partial charge in [0.05, 0.1) is 13.7 Å². The Morgan fingerprint density at radius 1 is 1.26 bits per heavy atom. The van der Waals surface area contributed by atoms with Crippen molar-refractivity contribution in [3.05, 3.63) is 30.2 Å². The maximum absolute atomic E-state index is 5.88. The number of likely N-dealkylation sites (tertiary alicyclic amines) is 1. The van der Waals surface area contributed by atoms with Crippen LogP contribution in [0, 0.1) is 17.8 Å². The molecule has 2 aromatic rings. The van der Waals surface area contributed by atoms with E-state index in [0.29, 0.717) is 5.89 Å². The smallest absolute Gasteiger partial charge is 0.247 e. The van der Waals surface area contributed by atoms with Crippen LogP contribution in [0.15, 0.2) is 28.7 Å². The SMILES string of the molecule is COc1cccc(-c2nnc(CN3C[C@H]4[C@H]5CC[C@@H](C5)[C@@H]43)o2)c1. The van der Waals surface area contributed by atoms with Gasteiger partial charge in [0.25, 0.3) is 0 Å². The van der Waals surface area contributed by atoms with Crippen molar-refractivity contribution in [3.63, 3.8) is 0 Å². The van der Waals surface area contributed by atoms with E-state index in [0.717, 1.165) is 47.5 Å². The summed E-state index contributed by atoms with van der Waals surface area (Å²) >= 11 is 0. The van der Waals surface area contributed by atoms with Crippen molar-refractivity contribution in [1.82, 2.24) is 15.1 Å². The number of nitrogens with zero attached hydrogens (tertiary/aromatic N) is 3. The monoisotopic (exact) mass is 311 g/mol. The Hall–Kier alpha value is -1.88. The van der Waals surface area contributed by atoms with Gasteiger partial charge in [-0.05, 0) is 55.2 Å². The van der Waals surface area contributed by atoms with E-state index in [1.807, 2.05) is 24.3 Å². The van der Waals surface area contributed by atoms with E-state index in [9.17, 15) is 0 Å². The molecule has 0 amide bonds. The first-order valence-electron chi connectivity index (χ1n) is 8.52. The Kier molecular flexibility index (Phi) is 2.98. The van der Waals surface area contributed by atoms with Crippen molar-refractivity contribution < 1.29 is 9.15 Å². The Morgan fingerprint density at radius 2 is 2.17 bits per heavy atom. The Bertz CT molecular complexity index is 727. The molecule has 1 aromatic heterocycles. The third-order valence-electron chi connectivity index (χ3n) is 6.03. The van der Waals surface area contributed by atoms with Crippen LogP contribution in [0.1, 0.15) is 25.2 Å². The van der Waals surface area contributed by atoms with Gasteiger partial charge in [0, 0.05) is 18.2 Å². The number of benzene rings is 1. The van der Waals surface area contributed by atoms with Gasteiger partial charge in [0.2, 0.25) is 11.8 Å². The molecule has 0 spiro atoms. The van der Waals surface area contributed by atoms with Gasteiger partial charge in [0.1, 0.15) is 5.75 Å². The zero-order chi connectivity index (χ0) is 15.4. The highest BCUT2D eigenvalue weighted by Gasteiger charge is 2.56. The maximum atomic E-state index is 5.88. The zero-order valence-corrected chi connectivity index (χ0v) is 13.3. The standard InChI is InChI=1S/C18H21N3O2/c1-22-14-4-2-3-13(8-14)18-20-19-16(23-18)10-21-9-15-11-5-6-12(7-11)17(15)21/h2-4,8,11-12,15,17H,5-7,9-10H2,1H3/t11-,12-,15-,17-/m0/s1. The molecule has 2 saturated carbocycles. The van der Waals surface area contributed by atoms with Crippen molar-refractivity contribution in [2.45, 2.75) is 31.8 Å². The second-order valence-electron chi connectivity index (χ2n) is 7.15. The summed E-state index contributed by atoms with van der Waals surface area (Å²) in [5.74, 6) is 4.95. The molecule has 1 aromatic carbocycles. The van der Waals surface area contributed by atoms with Crippen molar-refractivity contribution in [2.24, 2.45) is 17.8 Å². The minimum Gasteiger partial charge on any atom is -0.497 e. The molecule has 5 heteroatoms. The number of methoxy groups -OCH3 is 1. The highest BCUT2D eigenvalue weighted by molar-refractivity contribution is 5.55. The van der Waals surface area contributed by atoms with Crippen LogP contribution in [0.4, 0.5) is 0 Å². The molecule has 1 aliphatic heterocycles. The molecule has 5 nitrogen and oxygen atoms in total. The maximum Gasteiger partial charge on any atom is 0.247 e. The Labute approximate surface area is 135 Å². The normalized spacial score (nSPS) is 31.9. The summed E-state index contributed by atoms with van der Waals surface area (Å²) < 4.78 is 11.1. The average molecular weight is 311 g/mol. The van der Waals surface area contributed by atoms with Gasteiger partial charge >= 0.3 is 0 Å². The average Bonchev–Trinajstić information content (AvgIpc) is 3.25. The number of fused-ring (bicyclic) bond motifs is 5. The molecule has 0 N–H and O–H groups in total. The summed E-state index contributed by atoms with van der Waals surface area (Å²) in [5, 5.41) is 8.45. The first-order chi connectivity index (χ1) is 11.3. The van der Waals surface area contributed by atoms with Gasteiger partial charge in [-0.1, -0.05) is 6.07 Å². The molecule has 3 aliphatic rings. The minimum absolute atomic E-state index is 0.573. The van der Waals surface area contributed by atoms with Crippen molar-refractivity contribution in [3.8, 4) is 17.2 Å². The molecule has 0 unspecified atom stereocenters. The second-order valence-corrected chi connectivity index (χ2v) is 7.15. The summed E-state index contributed by atoms with van der Waals surface area (Å²) in [6, 6.07) is 8.52. The van der Waals surface area contributed by atoms with E-state index in [1.54, 1.807) is 7.11 Å². The van der Waals surface area contributed by atoms with Gasteiger partial charge in [-0.3, -0.25) is 4.90 Å². The van der Waals surface area contributed by atoms with Crippen LogP contribution in [0.5, 0.6) is 5.75 Å². The van der Waals surface area contributed by atoms with Gasteiger partial charge < -0.3 is 9.15 Å². The third kappa shape index (κ3) is 2.10. The van der Waals surface area contributed by atoms with Crippen molar-refractivity contribution >= 4 is 0 Å². The fourth-order valence-electron chi connectivity index (χ4n) is 4.99. The number of hydrogen-bond acceptors (Lipinski definition) is 5. The minimum atomic E-state index is 0.573. The lowest BCUT2D eigenvalue weighted by atomic mass is 9.77. The molecule has 5 rings (SSSR count). The predicted octanol–water partition coefficient (Wildman–Crippen LogP) is 2.98. The Balaban J connectivity index is 1.31. The molecule has 3 fully saturated rings. The summed E-state index contributed by atoms with van der Waals surface area (Å²) in [7, 11) is 1.66. The summed E-state index contributed by atoms with van der Waals surface area (Å²) in [5.41, 5.74) is 0.907. The summed E-state index contributed by atoms with van der Waals surface area (Å²) in [6.45, 7) is 2.00. The number of aromatic nitrogens is 2. The molecule has 2 bridgehead atoms. The van der Waals surface area contributed by atoms with E-state index >= 15 is 0 Å². The molecular weight excluding hydrogens is 290 g/mol. The Morgan fingerprint density at radius 3 is 3.04 bits per heavy atom. The van der Waals surface area contributed by atoms with Gasteiger partial charge in [0.15, 0.2) is 0 Å². The fourth-order valence-corrected chi connectivity index (χ4v) is 4.99. The van der Waals surface area contributed by atoms with Gasteiger partial charge in [-0.15, -0.1) is 10.2 Å². The largest absolute Gasteiger partial charge is 0.497 e. The first-order valence-corrected chi connectivity index (χ1v) is 8.52. The lowest BCUT2D eigenvalue weighted by Crippen LogP contribution is -2.58. The predicted molar refractivity (Wildman–Crippen MR) is 84.8 cm³/mol. The van der Waals surface area contributed by atoms with E-state index in [4.69, 9.17) is 9.15 Å². The molecule has 0 radical (unpaired) electrons. The number of hydrogen-bond donors (Lipinski definition) is 0. The molecule has 120 valence electrons. The lowest BCUT2D eigenvalue weighted by molar-refractivity contribution is -0.0332. The quantitative estimate of drug-likeness (QED) is 0.869. The highest BCUT2D eigenvalue weighted by atomic mass is 16.5. The van der Waals surface area contributed by atoms with Crippen LogP contribution >= 0.6 is 0 Å². The van der Waals surface area contributed by atoms with Gasteiger partial charge in [-0.2, -0.15) is 0 Å². The van der Waals surface area contributed by atoms with Crippen molar-refractivity contribution in [1.29, 1.82) is 0 Å². The van der Waals surface area contributed by atoms with E-state index in [2.05, 4.69) is 15.1 Å². The van der Waals surface area contributed by atoms with Gasteiger partial charge in [-0.25, -0.2) is 0 Å². The lowest BCUT2D eigenvalue weighted by Gasteiger charge is -2.50. The molecular formula is C18H21N3O2. The summed E-state index contributed by atoms with van der Waals surface area (Å²) in [6.07, 6.45) is 4.33. The highest BCUT2D eigenvalue weighted by Crippen LogP contribution is 2.55. The molecule has 2 aliphatic carbocycles. The summed E-state index contributed by atoms with van der Waals surface area (Å²) in [4.78, 5) is 2.54. The van der Waals surface area contributed by atoms with E-state index in [-0.39, 0.29) is 0 Å². The molecule has 1 saturated heterocycles. The zero-order valence-electron chi connectivity index (χ0n) is 13.3. The van der Waals surface area contributed by atoms with E-state index in [1.165, 1.54) is 25.8 Å². The topological polar surface area (TPSA) is 51.4 Å². The van der Waals surface area contributed by atoms with Crippen LogP contribution in [-0.4, -0.2) is 34.8 Å². The van der Waals surface area contributed by atoms with Crippen LogP contribution in [0.25, 0.3) is 11.5 Å². The van der Waals surface area contributed by atoms with Crippen LogP contribution in [-0.2, 0) is 6.54 Å². The fraction of sp³-hybridized carbons (Fsp3) is 0.556. The van der Waals surface area contributed by atoms with Crippen LogP contribution < -0.4 is 4.74 Å². The second kappa shape index (κ2) is 5.06. The number of ether oxygens (including phenoxy) is 1.